The van der Waals surface area contributed by atoms with Crippen LogP contribution in [0.3, 0.4) is 0 Å². The summed E-state index contributed by atoms with van der Waals surface area (Å²) >= 11 is 0. The lowest BCUT2D eigenvalue weighted by Gasteiger charge is -2.29. The lowest BCUT2D eigenvalue weighted by molar-refractivity contribution is -0.159. The van der Waals surface area contributed by atoms with Gasteiger partial charge in [0.25, 0.3) is 0 Å². The number of anilines is 1. The summed E-state index contributed by atoms with van der Waals surface area (Å²) in [6, 6.07) is 0. The maximum atomic E-state index is 12.2. The number of carbonyl (C=O) groups is 2. The highest BCUT2D eigenvalue weighted by Gasteiger charge is 2.59. The van der Waals surface area contributed by atoms with Gasteiger partial charge in [0.2, 0.25) is 0 Å². The van der Waals surface area contributed by atoms with Gasteiger partial charge in [-0.05, 0) is 0 Å². The molecule has 2 unspecified atom stereocenters. The number of fused-ring (bicyclic) bond motifs is 2. The van der Waals surface area contributed by atoms with Crippen molar-refractivity contribution in [1.82, 2.24) is 19.5 Å². The summed E-state index contributed by atoms with van der Waals surface area (Å²) < 4.78 is 23.4. The molecule has 0 bridgehead atoms. The summed E-state index contributed by atoms with van der Waals surface area (Å²) in [6.45, 7) is -0.0884. The molecular formula is C14H16BN5O8P+. The van der Waals surface area contributed by atoms with Crippen molar-refractivity contribution in [2.75, 3.05) is 12.3 Å². The quantitative estimate of drug-likeness (QED) is 0.314. The van der Waals surface area contributed by atoms with Crippen LogP contribution in [0.25, 0.3) is 11.2 Å². The van der Waals surface area contributed by atoms with E-state index in [-0.39, 0.29) is 18.8 Å². The summed E-state index contributed by atoms with van der Waals surface area (Å²) in [5.41, 5.74) is 6.45. The highest BCUT2D eigenvalue weighted by molar-refractivity contribution is 7.85. The first-order valence-corrected chi connectivity index (χ1v) is 10.1. The van der Waals surface area contributed by atoms with E-state index in [4.69, 9.17) is 36.9 Å². The molecule has 2 fully saturated rings. The fraction of sp³-hybridized carbons (Fsp3) is 0.500. The number of aromatic nitrogens is 4. The molecule has 0 amide bonds. The maximum Gasteiger partial charge on any atom is 0.488 e. The van der Waals surface area contributed by atoms with Gasteiger partial charge in [0.05, 0.1) is 19.2 Å². The number of nitrogens with two attached hydrogens (primary N) is 1. The fourth-order valence-electron chi connectivity index (χ4n) is 3.18. The van der Waals surface area contributed by atoms with Gasteiger partial charge in [-0.15, -0.1) is 0 Å². The van der Waals surface area contributed by atoms with E-state index in [2.05, 4.69) is 15.0 Å². The largest absolute Gasteiger partial charge is 0.488 e. The number of carbonyl (C=O) groups excluding carboxylic acids is 1. The Kier molecular flexibility index (Phi) is 5.13. The molecule has 2 aromatic heterocycles. The van der Waals surface area contributed by atoms with Gasteiger partial charge in [0.15, 0.2) is 29.9 Å². The monoisotopic (exact) mass is 424 g/mol. The average molecular weight is 424 g/mol. The summed E-state index contributed by atoms with van der Waals surface area (Å²) in [6.07, 6.45) is -1.81. The molecular weight excluding hydrogens is 408 g/mol. The molecule has 0 saturated carbocycles. The van der Waals surface area contributed by atoms with Crippen LogP contribution in [0.2, 0.25) is 0 Å². The predicted molar refractivity (Wildman–Crippen MR) is 96.1 cm³/mol. The van der Waals surface area contributed by atoms with E-state index in [1.165, 1.54) is 17.2 Å². The van der Waals surface area contributed by atoms with E-state index < -0.39 is 50.7 Å². The third kappa shape index (κ3) is 3.89. The Bertz CT molecular complexity index is 957. The molecule has 0 aliphatic carbocycles. The number of nitrogen functional groups attached to an aromatic ring is 1. The molecule has 4 N–H and O–H groups in total. The van der Waals surface area contributed by atoms with Gasteiger partial charge in [-0.2, -0.15) is 9.05 Å². The minimum Gasteiger partial charge on any atom is -0.481 e. The predicted octanol–water partition coefficient (Wildman–Crippen LogP) is -0.664. The van der Waals surface area contributed by atoms with Crippen molar-refractivity contribution in [2.24, 2.45) is 0 Å². The number of esters is 1. The average Bonchev–Trinajstić information content (AvgIpc) is 3.22. The number of carboxylic acid groups (broad SMARTS) is 1. The second kappa shape index (κ2) is 7.46. The molecule has 0 aromatic carbocycles. The summed E-state index contributed by atoms with van der Waals surface area (Å²) in [5.74, 6) is -1.77. The zero-order chi connectivity index (χ0) is 20.8. The molecule has 4 heterocycles. The van der Waals surface area contributed by atoms with E-state index in [1.807, 2.05) is 0 Å². The van der Waals surface area contributed by atoms with Crippen LogP contribution in [-0.2, 0) is 28.1 Å². The molecule has 5 atom stereocenters. The number of rotatable bonds is 5. The van der Waals surface area contributed by atoms with Gasteiger partial charge in [-0.3, -0.25) is 14.2 Å². The van der Waals surface area contributed by atoms with E-state index in [9.17, 15) is 14.5 Å². The topological polar surface area (TPSA) is 181 Å². The van der Waals surface area contributed by atoms with Crippen LogP contribution in [0, 0.1) is 0 Å². The zero-order valence-corrected chi connectivity index (χ0v) is 15.7. The number of hydrogen-bond donors (Lipinski definition) is 3. The Hall–Kier alpha value is -2.38. The molecule has 2 aromatic rings. The highest BCUT2D eigenvalue weighted by Crippen LogP contribution is 2.59. The van der Waals surface area contributed by atoms with Crippen molar-refractivity contribution in [3.05, 3.63) is 12.7 Å². The number of imidazole rings is 1. The maximum absolute atomic E-state index is 12.2. The van der Waals surface area contributed by atoms with Crippen LogP contribution >= 0.6 is 7.82 Å². The molecule has 2 saturated heterocycles. The Labute approximate surface area is 165 Å². The SMILES string of the molecule is [B][P+]1(O)OC[C@H]2O[C@@H](n3cnc4c(N)ncnc43)C(OC(=O)CCC(=O)O)[C@@H]2O1. The number of hydrogen-bond acceptors (Lipinski definition) is 11. The second-order valence-electron chi connectivity index (χ2n) is 6.43. The van der Waals surface area contributed by atoms with Crippen molar-refractivity contribution in [3.63, 3.8) is 0 Å². The van der Waals surface area contributed by atoms with E-state index >= 15 is 0 Å². The van der Waals surface area contributed by atoms with Gasteiger partial charge in [-0.25, -0.2) is 19.8 Å². The first-order chi connectivity index (χ1) is 13.7. The van der Waals surface area contributed by atoms with Crippen LogP contribution < -0.4 is 5.73 Å². The van der Waals surface area contributed by atoms with Crippen molar-refractivity contribution in [3.8, 4) is 0 Å². The van der Waals surface area contributed by atoms with Crippen LogP contribution in [0.1, 0.15) is 19.1 Å². The Balaban J connectivity index is 1.66. The zero-order valence-electron chi connectivity index (χ0n) is 14.8. The minimum atomic E-state index is -3.61. The van der Waals surface area contributed by atoms with Crippen molar-refractivity contribution >= 4 is 44.3 Å². The fourth-order valence-corrected chi connectivity index (χ4v) is 4.21. The van der Waals surface area contributed by atoms with E-state index in [1.54, 1.807) is 0 Å². The molecule has 152 valence electrons. The first-order valence-electron chi connectivity index (χ1n) is 8.48. The van der Waals surface area contributed by atoms with Gasteiger partial charge in [0, 0.05) is 0 Å². The normalized spacial score (nSPS) is 31.5. The van der Waals surface area contributed by atoms with E-state index in [0.29, 0.717) is 11.2 Å². The van der Waals surface area contributed by atoms with Crippen molar-refractivity contribution in [2.45, 2.75) is 37.4 Å². The second-order valence-corrected chi connectivity index (χ2v) is 8.02. The lowest BCUT2D eigenvalue weighted by atomic mass is 10.1. The van der Waals surface area contributed by atoms with E-state index in [0.717, 1.165) is 0 Å². The Morgan fingerprint density at radius 2 is 2.17 bits per heavy atom. The van der Waals surface area contributed by atoms with Gasteiger partial charge in [-0.1, -0.05) is 0 Å². The molecule has 2 radical (unpaired) electrons. The standard InChI is InChI=1S/C14H16BN5O8P/c15-29(24)25-3-6-10(28-29)11(27-8(23)2-1-7(21)22)14(26-6)20-5-19-9-12(16)17-4-18-13(9)20/h4-6,10-11,14,24H,1-3H2,(H,21,22)(H2,16,17,18)/q+1/t6-,10-,11?,14-,29?/m1/s1. The van der Waals surface area contributed by atoms with Crippen molar-refractivity contribution in [1.29, 1.82) is 0 Å². The van der Waals surface area contributed by atoms with Crippen LogP contribution in [-0.4, -0.2) is 73.9 Å². The smallest absolute Gasteiger partial charge is 0.481 e. The minimum absolute atomic E-state index is 0.0884. The Morgan fingerprint density at radius 1 is 1.38 bits per heavy atom. The molecule has 2 aliphatic rings. The number of aliphatic carboxylic acids is 1. The molecule has 29 heavy (non-hydrogen) atoms. The van der Waals surface area contributed by atoms with Gasteiger partial charge in [0.1, 0.15) is 24.6 Å². The third-order valence-corrected chi connectivity index (χ3v) is 5.52. The molecule has 13 nitrogen and oxygen atoms in total. The van der Waals surface area contributed by atoms with Crippen LogP contribution in [0.4, 0.5) is 5.82 Å². The number of carboxylic acids is 1. The molecule has 15 heteroatoms. The molecule has 2 aliphatic heterocycles. The summed E-state index contributed by atoms with van der Waals surface area (Å²) in [5, 5.41) is 8.77. The van der Waals surface area contributed by atoms with Crippen molar-refractivity contribution < 1.29 is 38.1 Å². The number of ether oxygens (including phenoxy) is 2. The van der Waals surface area contributed by atoms with Gasteiger partial charge >= 0.3 is 27.3 Å². The lowest BCUT2D eigenvalue weighted by Crippen LogP contribution is -2.42. The summed E-state index contributed by atoms with van der Waals surface area (Å²) in [4.78, 5) is 45.1. The first kappa shape index (κ1) is 19.9. The summed E-state index contributed by atoms with van der Waals surface area (Å²) in [7, 11) is 1.98. The number of nitrogens with zero attached hydrogens (tertiary/aromatic N) is 4. The third-order valence-electron chi connectivity index (χ3n) is 4.45. The molecule has 4 rings (SSSR count). The Morgan fingerprint density at radius 3 is 2.93 bits per heavy atom. The highest BCUT2D eigenvalue weighted by atomic mass is 31.2. The van der Waals surface area contributed by atoms with Crippen LogP contribution in [0.15, 0.2) is 12.7 Å². The molecule has 0 spiro atoms. The van der Waals surface area contributed by atoms with Crippen LogP contribution in [0.5, 0.6) is 0 Å². The van der Waals surface area contributed by atoms with Gasteiger partial charge < -0.3 is 20.3 Å².